The van der Waals surface area contributed by atoms with Crippen molar-refractivity contribution in [2.45, 2.75) is 24.8 Å². The molecule has 0 saturated carbocycles. The van der Waals surface area contributed by atoms with Gasteiger partial charge in [-0.05, 0) is 19.9 Å². The highest BCUT2D eigenvalue weighted by molar-refractivity contribution is 7.86. The summed E-state index contributed by atoms with van der Waals surface area (Å²) in [7, 11) is -4.67. The number of benzene rings is 2. The lowest BCUT2D eigenvalue weighted by atomic mass is 9.82. The summed E-state index contributed by atoms with van der Waals surface area (Å²) in [5.41, 5.74) is 5.75. The Bertz CT molecular complexity index is 1030. The molecule has 2 aromatic carbocycles. The second kappa shape index (κ2) is 5.68. The predicted octanol–water partition coefficient (Wildman–Crippen LogP) is 2.11. The molecular formula is C17H16N2O5S. The van der Waals surface area contributed by atoms with Crippen molar-refractivity contribution in [3.63, 3.8) is 0 Å². The van der Waals surface area contributed by atoms with E-state index in [2.05, 4.69) is 5.32 Å². The molecule has 4 N–H and O–H groups in total. The van der Waals surface area contributed by atoms with Gasteiger partial charge in [0.25, 0.3) is 10.1 Å². The molecule has 0 unspecified atom stereocenters. The van der Waals surface area contributed by atoms with Gasteiger partial charge in [0.15, 0.2) is 11.6 Å². The maximum Gasteiger partial charge on any atom is 0.296 e. The van der Waals surface area contributed by atoms with Crippen molar-refractivity contribution < 1.29 is 22.6 Å². The highest BCUT2D eigenvalue weighted by atomic mass is 32.2. The maximum atomic E-state index is 12.9. The molecule has 1 aliphatic rings. The third-order valence-electron chi connectivity index (χ3n) is 3.92. The molecule has 0 spiro atoms. The standard InChI is InChI=1S/C17H16N2O5S/c1-8(2)19-11-7-12(25(22,23)24)15(18)14-13(11)16(20)9-5-3-4-6-10(9)17(14)21/h3-8,19H,18H2,1-2H3,(H,22,23,24). The number of hydrogen-bond donors (Lipinski definition) is 3. The Hall–Kier alpha value is -2.71. The van der Waals surface area contributed by atoms with Crippen LogP contribution in [0.3, 0.4) is 0 Å². The molecule has 3 rings (SSSR count). The Morgan fingerprint density at radius 1 is 1.04 bits per heavy atom. The highest BCUT2D eigenvalue weighted by Crippen LogP contribution is 2.39. The van der Waals surface area contributed by atoms with Gasteiger partial charge >= 0.3 is 0 Å². The van der Waals surface area contributed by atoms with Crippen LogP contribution in [0.15, 0.2) is 35.2 Å². The van der Waals surface area contributed by atoms with Gasteiger partial charge in [-0.25, -0.2) is 0 Å². The Morgan fingerprint density at radius 3 is 2.04 bits per heavy atom. The maximum absolute atomic E-state index is 12.9. The third-order valence-corrected chi connectivity index (χ3v) is 4.82. The first-order chi connectivity index (χ1) is 11.6. The van der Waals surface area contributed by atoms with Crippen molar-refractivity contribution in [1.29, 1.82) is 0 Å². The zero-order valence-corrected chi connectivity index (χ0v) is 14.3. The summed E-state index contributed by atoms with van der Waals surface area (Å²) in [6, 6.07) is 7.19. The molecular weight excluding hydrogens is 344 g/mol. The number of nitrogen functional groups attached to an aromatic ring is 1. The van der Waals surface area contributed by atoms with Crippen LogP contribution >= 0.6 is 0 Å². The van der Waals surface area contributed by atoms with Gasteiger partial charge in [0.2, 0.25) is 0 Å². The Morgan fingerprint density at radius 2 is 1.56 bits per heavy atom. The van der Waals surface area contributed by atoms with Crippen LogP contribution in [0.1, 0.15) is 45.7 Å². The van der Waals surface area contributed by atoms with Crippen LogP contribution in [0.2, 0.25) is 0 Å². The van der Waals surface area contributed by atoms with Crippen molar-refractivity contribution in [1.82, 2.24) is 0 Å². The van der Waals surface area contributed by atoms with Gasteiger partial charge in [0.05, 0.1) is 16.8 Å². The van der Waals surface area contributed by atoms with Crippen molar-refractivity contribution in [2.24, 2.45) is 0 Å². The molecule has 1 aliphatic carbocycles. The molecule has 0 amide bonds. The van der Waals surface area contributed by atoms with E-state index in [9.17, 15) is 22.6 Å². The fourth-order valence-corrected chi connectivity index (χ4v) is 3.58. The summed E-state index contributed by atoms with van der Waals surface area (Å²) in [5, 5.41) is 2.95. The fourth-order valence-electron chi connectivity index (χ4n) is 2.93. The van der Waals surface area contributed by atoms with Crippen LogP contribution < -0.4 is 11.1 Å². The summed E-state index contributed by atoms with van der Waals surface area (Å²) in [5.74, 6) is -0.984. The zero-order chi connectivity index (χ0) is 18.5. The number of rotatable bonds is 3. The number of fused-ring (bicyclic) bond motifs is 2. The molecule has 2 aromatic rings. The molecule has 7 nitrogen and oxygen atoms in total. The largest absolute Gasteiger partial charge is 0.397 e. The van der Waals surface area contributed by atoms with E-state index < -0.39 is 32.3 Å². The lowest BCUT2D eigenvalue weighted by Crippen LogP contribution is -2.26. The van der Waals surface area contributed by atoms with E-state index in [4.69, 9.17) is 5.73 Å². The number of nitrogens with two attached hydrogens (primary N) is 1. The number of nitrogens with one attached hydrogen (secondary N) is 1. The topological polar surface area (TPSA) is 127 Å². The molecule has 0 radical (unpaired) electrons. The summed E-state index contributed by atoms with van der Waals surface area (Å²) in [4.78, 5) is 25.2. The Kier molecular flexibility index (Phi) is 3.89. The number of carbonyl (C=O) groups is 2. The lowest BCUT2D eigenvalue weighted by molar-refractivity contribution is 0.0980. The number of anilines is 2. The zero-order valence-electron chi connectivity index (χ0n) is 13.5. The highest BCUT2D eigenvalue weighted by Gasteiger charge is 2.36. The molecule has 0 atom stereocenters. The second-order valence-corrected chi connectivity index (χ2v) is 7.45. The van der Waals surface area contributed by atoms with Crippen molar-refractivity contribution in [3.05, 3.63) is 52.6 Å². The van der Waals surface area contributed by atoms with Gasteiger partial charge in [-0.3, -0.25) is 14.1 Å². The van der Waals surface area contributed by atoms with E-state index >= 15 is 0 Å². The van der Waals surface area contributed by atoms with E-state index in [0.717, 1.165) is 6.07 Å². The van der Waals surface area contributed by atoms with E-state index in [0.29, 0.717) is 0 Å². The van der Waals surface area contributed by atoms with Crippen molar-refractivity contribution in [2.75, 3.05) is 11.1 Å². The monoisotopic (exact) mass is 360 g/mol. The second-order valence-electron chi connectivity index (χ2n) is 6.06. The molecule has 130 valence electrons. The average molecular weight is 360 g/mol. The molecule has 25 heavy (non-hydrogen) atoms. The molecule has 0 aliphatic heterocycles. The van der Waals surface area contributed by atoms with Crippen LogP contribution in [-0.4, -0.2) is 30.6 Å². The van der Waals surface area contributed by atoms with Gasteiger partial charge in [-0.1, -0.05) is 24.3 Å². The first-order valence-electron chi connectivity index (χ1n) is 7.52. The van der Waals surface area contributed by atoms with Crippen LogP contribution in [0.25, 0.3) is 0 Å². The van der Waals surface area contributed by atoms with E-state index in [1.807, 2.05) is 0 Å². The van der Waals surface area contributed by atoms with Crippen molar-refractivity contribution in [3.8, 4) is 0 Å². The van der Waals surface area contributed by atoms with Crippen LogP contribution in [0.5, 0.6) is 0 Å². The van der Waals surface area contributed by atoms with Crippen LogP contribution in [-0.2, 0) is 10.1 Å². The van der Waals surface area contributed by atoms with Gasteiger partial charge in [0.1, 0.15) is 4.90 Å². The fraction of sp³-hybridized carbons (Fsp3) is 0.176. The summed E-state index contributed by atoms with van der Waals surface area (Å²) in [6.45, 7) is 3.58. The number of carbonyl (C=O) groups excluding carboxylic acids is 2. The normalized spacial score (nSPS) is 13.6. The lowest BCUT2D eigenvalue weighted by Gasteiger charge is -2.24. The summed E-state index contributed by atoms with van der Waals surface area (Å²) in [6.07, 6.45) is 0. The van der Waals surface area contributed by atoms with Crippen LogP contribution in [0.4, 0.5) is 11.4 Å². The first-order valence-corrected chi connectivity index (χ1v) is 8.96. The molecule has 0 heterocycles. The Labute approximate surface area is 144 Å². The molecule has 0 fully saturated rings. The smallest absolute Gasteiger partial charge is 0.296 e. The summed E-state index contributed by atoms with van der Waals surface area (Å²) < 4.78 is 32.8. The van der Waals surface area contributed by atoms with E-state index in [1.165, 1.54) is 12.1 Å². The Balaban J connectivity index is 2.42. The SMILES string of the molecule is CC(C)Nc1cc(S(=O)(=O)O)c(N)c2c1C(=O)c1ccccc1C2=O. The third kappa shape index (κ3) is 2.69. The number of ketones is 2. The average Bonchev–Trinajstić information content (AvgIpc) is 2.52. The van der Waals surface area contributed by atoms with Crippen molar-refractivity contribution >= 4 is 33.1 Å². The molecule has 0 aromatic heterocycles. The molecule has 8 heteroatoms. The molecule has 0 saturated heterocycles. The quantitative estimate of drug-likeness (QED) is 0.482. The first kappa shape index (κ1) is 17.1. The van der Waals surface area contributed by atoms with Gasteiger partial charge in [-0.15, -0.1) is 0 Å². The number of hydrogen-bond acceptors (Lipinski definition) is 6. The van der Waals surface area contributed by atoms with Crippen LogP contribution in [0, 0.1) is 0 Å². The molecule has 0 bridgehead atoms. The van der Waals surface area contributed by atoms with Gasteiger partial charge in [-0.2, -0.15) is 8.42 Å². The van der Waals surface area contributed by atoms with Gasteiger partial charge in [0, 0.05) is 22.9 Å². The van der Waals surface area contributed by atoms with E-state index in [-0.39, 0.29) is 34.0 Å². The predicted molar refractivity (Wildman–Crippen MR) is 92.7 cm³/mol. The minimum atomic E-state index is -4.67. The summed E-state index contributed by atoms with van der Waals surface area (Å²) >= 11 is 0. The minimum Gasteiger partial charge on any atom is -0.397 e. The minimum absolute atomic E-state index is 0.0160. The van der Waals surface area contributed by atoms with E-state index in [1.54, 1.807) is 26.0 Å². The van der Waals surface area contributed by atoms with Gasteiger partial charge < -0.3 is 11.1 Å².